The zero-order valence-corrected chi connectivity index (χ0v) is 13.0. The van der Waals surface area contributed by atoms with Gasteiger partial charge in [-0.25, -0.2) is 4.98 Å². The molecule has 4 nitrogen and oxygen atoms in total. The highest BCUT2D eigenvalue weighted by Crippen LogP contribution is 2.30. The first kappa shape index (κ1) is 14.1. The van der Waals surface area contributed by atoms with Crippen molar-refractivity contribution in [3.63, 3.8) is 0 Å². The second-order valence-electron chi connectivity index (χ2n) is 4.84. The molecular formula is C16H14BrN3O. The van der Waals surface area contributed by atoms with Crippen molar-refractivity contribution in [1.82, 2.24) is 4.98 Å². The van der Waals surface area contributed by atoms with E-state index >= 15 is 0 Å². The summed E-state index contributed by atoms with van der Waals surface area (Å²) < 4.78 is 6.95. The van der Waals surface area contributed by atoms with E-state index in [9.17, 15) is 0 Å². The molecule has 106 valence electrons. The van der Waals surface area contributed by atoms with Crippen molar-refractivity contribution in [3.05, 3.63) is 58.2 Å². The number of aromatic nitrogens is 1. The van der Waals surface area contributed by atoms with Gasteiger partial charge in [-0.1, -0.05) is 34.1 Å². The largest absolute Gasteiger partial charge is 0.370 e. The zero-order valence-electron chi connectivity index (χ0n) is 11.4. The number of hydrogen-bond donors (Lipinski definition) is 0. The first-order valence-corrected chi connectivity index (χ1v) is 7.54. The Morgan fingerprint density at radius 1 is 1.29 bits per heavy atom. The zero-order chi connectivity index (χ0) is 14.7. The third kappa shape index (κ3) is 3.07. The number of halogens is 1. The summed E-state index contributed by atoms with van der Waals surface area (Å²) in [6.45, 7) is 2.22. The van der Waals surface area contributed by atoms with E-state index in [0.717, 1.165) is 28.9 Å². The summed E-state index contributed by atoms with van der Waals surface area (Å²) in [5, 5.41) is 8.83. The number of hydrogen-bond acceptors (Lipinski definition) is 4. The summed E-state index contributed by atoms with van der Waals surface area (Å²) in [4.78, 5) is 6.55. The summed E-state index contributed by atoms with van der Waals surface area (Å²) in [7, 11) is 0. The van der Waals surface area contributed by atoms with Crippen LogP contribution in [-0.4, -0.2) is 24.7 Å². The SMILES string of the molecule is N#Cc1ccc(N2CCOC(c3ccccc3Br)C2)nc1. The molecule has 1 saturated heterocycles. The molecule has 5 heteroatoms. The maximum absolute atomic E-state index is 8.83. The Labute approximate surface area is 132 Å². The number of ether oxygens (including phenoxy) is 1. The number of nitriles is 1. The van der Waals surface area contributed by atoms with Crippen LogP contribution in [0.2, 0.25) is 0 Å². The molecule has 1 fully saturated rings. The molecule has 1 aliphatic rings. The monoisotopic (exact) mass is 343 g/mol. The third-order valence-corrected chi connectivity index (χ3v) is 4.24. The van der Waals surface area contributed by atoms with E-state index in [1.54, 1.807) is 12.3 Å². The van der Waals surface area contributed by atoms with Crippen LogP contribution in [0.15, 0.2) is 47.1 Å². The van der Waals surface area contributed by atoms with Crippen LogP contribution in [0.5, 0.6) is 0 Å². The summed E-state index contributed by atoms with van der Waals surface area (Å²) >= 11 is 3.58. The van der Waals surface area contributed by atoms with Crippen LogP contribution >= 0.6 is 15.9 Å². The predicted molar refractivity (Wildman–Crippen MR) is 84.0 cm³/mol. The molecule has 1 unspecified atom stereocenters. The van der Waals surface area contributed by atoms with Crippen LogP contribution in [0.3, 0.4) is 0 Å². The number of pyridine rings is 1. The van der Waals surface area contributed by atoms with Crippen molar-refractivity contribution in [3.8, 4) is 6.07 Å². The van der Waals surface area contributed by atoms with E-state index in [1.165, 1.54) is 0 Å². The van der Waals surface area contributed by atoms with Gasteiger partial charge in [0, 0.05) is 23.8 Å². The Kier molecular flexibility index (Phi) is 4.18. The number of morpholine rings is 1. The first-order chi connectivity index (χ1) is 10.3. The highest BCUT2D eigenvalue weighted by molar-refractivity contribution is 9.10. The van der Waals surface area contributed by atoms with Crippen molar-refractivity contribution >= 4 is 21.7 Å². The van der Waals surface area contributed by atoms with Crippen molar-refractivity contribution in [2.24, 2.45) is 0 Å². The summed E-state index contributed by atoms with van der Waals surface area (Å²) in [5.74, 6) is 0.884. The summed E-state index contributed by atoms with van der Waals surface area (Å²) in [5.41, 5.74) is 1.73. The third-order valence-electron chi connectivity index (χ3n) is 3.52. The molecule has 0 aliphatic carbocycles. The minimum atomic E-state index is 0.0202. The first-order valence-electron chi connectivity index (χ1n) is 6.75. The summed E-state index contributed by atoms with van der Waals surface area (Å²) in [6, 6.07) is 13.9. The van der Waals surface area contributed by atoms with E-state index in [-0.39, 0.29) is 6.10 Å². The van der Waals surface area contributed by atoms with Gasteiger partial charge >= 0.3 is 0 Å². The lowest BCUT2D eigenvalue weighted by Crippen LogP contribution is -2.38. The van der Waals surface area contributed by atoms with Gasteiger partial charge in [-0.2, -0.15) is 5.26 Å². The van der Waals surface area contributed by atoms with Crippen LogP contribution < -0.4 is 4.90 Å². The maximum Gasteiger partial charge on any atom is 0.128 e. The molecule has 2 heterocycles. The standard InChI is InChI=1S/C16H14BrN3O/c17-14-4-2-1-3-13(14)15-11-20(7-8-21-15)16-6-5-12(9-18)10-19-16/h1-6,10,15H,7-8,11H2. The Morgan fingerprint density at radius 3 is 2.86 bits per heavy atom. The fourth-order valence-corrected chi connectivity index (χ4v) is 2.96. The molecule has 0 spiro atoms. The van der Waals surface area contributed by atoms with Gasteiger partial charge in [-0.3, -0.25) is 0 Å². The second kappa shape index (κ2) is 6.25. The molecule has 2 aromatic rings. The molecule has 1 atom stereocenters. The molecule has 0 N–H and O–H groups in total. The van der Waals surface area contributed by atoms with Gasteiger partial charge < -0.3 is 9.64 Å². The number of anilines is 1. The molecule has 1 aromatic heterocycles. The van der Waals surface area contributed by atoms with Gasteiger partial charge in [0.05, 0.1) is 12.2 Å². The molecule has 0 radical (unpaired) electrons. The van der Waals surface area contributed by atoms with E-state index in [4.69, 9.17) is 10.00 Å². The van der Waals surface area contributed by atoms with Gasteiger partial charge in [0.2, 0.25) is 0 Å². The highest BCUT2D eigenvalue weighted by atomic mass is 79.9. The number of rotatable bonds is 2. The molecule has 1 aromatic carbocycles. The number of nitrogens with zero attached hydrogens (tertiary/aromatic N) is 3. The molecule has 0 bridgehead atoms. The van der Waals surface area contributed by atoms with Crippen LogP contribution in [0.1, 0.15) is 17.2 Å². The fourth-order valence-electron chi connectivity index (χ4n) is 2.42. The minimum Gasteiger partial charge on any atom is -0.370 e. The Bertz CT molecular complexity index is 666. The van der Waals surface area contributed by atoms with Gasteiger partial charge in [-0.05, 0) is 23.8 Å². The van der Waals surface area contributed by atoms with E-state index in [1.807, 2.05) is 24.3 Å². The summed E-state index contributed by atoms with van der Waals surface area (Å²) in [6.07, 6.45) is 1.63. The average Bonchev–Trinajstić information content (AvgIpc) is 2.55. The van der Waals surface area contributed by atoms with Crippen molar-refractivity contribution in [2.45, 2.75) is 6.10 Å². The van der Waals surface area contributed by atoms with Gasteiger partial charge in [0.15, 0.2) is 0 Å². The lowest BCUT2D eigenvalue weighted by molar-refractivity contribution is 0.0391. The van der Waals surface area contributed by atoms with Gasteiger partial charge in [-0.15, -0.1) is 0 Å². The quantitative estimate of drug-likeness (QED) is 0.839. The normalized spacial score (nSPS) is 18.3. The topological polar surface area (TPSA) is 49.2 Å². The fraction of sp³-hybridized carbons (Fsp3) is 0.250. The highest BCUT2D eigenvalue weighted by Gasteiger charge is 2.24. The smallest absolute Gasteiger partial charge is 0.128 e. The van der Waals surface area contributed by atoms with E-state index < -0.39 is 0 Å². The van der Waals surface area contributed by atoms with Crippen LogP contribution in [0.4, 0.5) is 5.82 Å². The molecular weight excluding hydrogens is 330 g/mol. The Balaban J connectivity index is 1.79. The van der Waals surface area contributed by atoms with Gasteiger partial charge in [0.1, 0.15) is 18.0 Å². The van der Waals surface area contributed by atoms with Crippen molar-refractivity contribution in [2.75, 3.05) is 24.6 Å². The molecule has 3 rings (SSSR count). The Hall–Kier alpha value is -1.90. The lowest BCUT2D eigenvalue weighted by Gasteiger charge is -2.34. The van der Waals surface area contributed by atoms with Crippen molar-refractivity contribution in [1.29, 1.82) is 5.26 Å². The molecule has 0 saturated carbocycles. The van der Waals surface area contributed by atoms with Crippen LogP contribution in [0, 0.1) is 11.3 Å². The molecule has 0 amide bonds. The Morgan fingerprint density at radius 2 is 2.14 bits per heavy atom. The predicted octanol–water partition coefficient (Wildman–Crippen LogP) is 3.29. The number of benzene rings is 1. The van der Waals surface area contributed by atoms with E-state index in [2.05, 4.69) is 37.9 Å². The minimum absolute atomic E-state index is 0.0202. The molecule has 1 aliphatic heterocycles. The van der Waals surface area contributed by atoms with Crippen LogP contribution in [0.25, 0.3) is 0 Å². The van der Waals surface area contributed by atoms with Gasteiger partial charge in [0.25, 0.3) is 0 Å². The maximum atomic E-state index is 8.83. The average molecular weight is 344 g/mol. The second-order valence-corrected chi connectivity index (χ2v) is 5.70. The lowest BCUT2D eigenvalue weighted by atomic mass is 10.1. The molecule has 21 heavy (non-hydrogen) atoms. The van der Waals surface area contributed by atoms with Crippen LogP contribution in [-0.2, 0) is 4.74 Å². The van der Waals surface area contributed by atoms with E-state index in [0.29, 0.717) is 12.2 Å². The van der Waals surface area contributed by atoms with Crippen molar-refractivity contribution < 1.29 is 4.74 Å².